The number of carbonyl (C=O) groups is 1. The molecule has 1 aliphatic rings. The van der Waals surface area contributed by atoms with E-state index < -0.39 is 0 Å². The van der Waals surface area contributed by atoms with Crippen molar-refractivity contribution in [1.29, 1.82) is 0 Å². The number of amides is 1. The van der Waals surface area contributed by atoms with E-state index in [0.29, 0.717) is 33.9 Å². The summed E-state index contributed by atoms with van der Waals surface area (Å²) in [6.07, 6.45) is 2.53. The van der Waals surface area contributed by atoms with Crippen LogP contribution in [-0.4, -0.2) is 30.6 Å². The van der Waals surface area contributed by atoms with E-state index in [1.54, 1.807) is 13.2 Å². The number of rotatable bonds is 8. The second-order valence-corrected chi connectivity index (χ2v) is 8.23. The third-order valence-electron chi connectivity index (χ3n) is 4.49. The van der Waals surface area contributed by atoms with Gasteiger partial charge in [0.15, 0.2) is 11.5 Å². The molecular weight excluding hydrogens is 406 g/mol. The van der Waals surface area contributed by atoms with Gasteiger partial charge in [0.1, 0.15) is 10.1 Å². The number of methoxy groups -OCH3 is 1. The zero-order valence-electron chi connectivity index (χ0n) is 16.6. The summed E-state index contributed by atoms with van der Waals surface area (Å²) in [6, 6.07) is 11.6. The summed E-state index contributed by atoms with van der Waals surface area (Å²) >= 11 is 6.26. The van der Waals surface area contributed by atoms with Crippen LogP contribution in [0.15, 0.2) is 41.3 Å². The summed E-state index contributed by atoms with van der Waals surface area (Å²) in [5.74, 6) is 2.00. The molecule has 1 aliphatic heterocycles. The smallest absolute Gasteiger partial charge is 0.263 e. The number of nitrogens with one attached hydrogen (secondary N) is 1. The number of ether oxygens (including phenoxy) is 3. The van der Waals surface area contributed by atoms with Crippen molar-refractivity contribution < 1.29 is 19.0 Å². The van der Waals surface area contributed by atoms with Gasteiger partial charge in [-0.3, -0.25) is 4.79 Å². The second kappa shape index (κ2) is 9.80. The maximum absolute atomic E-state index is 11.8. The van der Waals surface area contributed by atoms with Crippen LogP contribution in [0.2, 0.25) is 0 Å². The number of thiocarbonyl (C=S) groups is 1. The van der Waals surface area contributed by atoms with Crippen LogP contribution >= 0.6 is 24.0 Å². The highest BCUT2D eigenvalue weighted by Gasteiger charge is 2.22. The van der Waals surface area contributed by atoms with E-state index in [1.807, 2.05) is 30.3 Å². The molecule has 0 aliphatic carbocycles. The normalized spacial score (nSPS) is 14.8. The van der Waals surface area contributed by atoms with Gasteiger partial charge in [-0.2, -0.15) is 0 Å². The van der Waals surface area contributed by atoms with Crippen LogP contribution in [0, 0.1) is 13.8 Å². The molecule has 0 bridgehead atoms. The Morgan fingerprint density at radius 1 is 1.07 bits per heavy atom. The summed E-state index contributed by atoms with van der Waals surface area (Å²) in [5.41, 5.74) is 3.22. The molecule has 1 fully saturated rings. The summed E-state index contributed by atoms with van der Waals surface area (Å²) in [5, 5.41) is 2.60. The number of hydrogen-bond acceptors (Lipinski definition) is 6. The van der Waals surface area contributed by atoms with Crippen molar-refractivity contribution in [3.8, 4) is 17.2 Å². The number of carbonyl (C=O) groups excluding carboxylic acids is 1. The zero-order chi connectivity index (χ0) is 20.8. The lowest BCUT2D eigenvalue weighted by Gasteiger charge is -2.13. The Bertz CT molecular complexity index is 956. The maximum atomic E-state index is 11.8. The molecule has 1 heterocycles. The topological polar surface area (TPSA) is 56.8 Å². The number of hydrogen-bond donors (Lipinski definition) is 1. The van der Waals surface area contributed by atoms with Crippen LogP contribution in [0.3, 0.4) is 0 Å². The average molecular weight is 430 g/mol. The summed E-state index contributed by atoms with van der Waals surface area (Å²) in [7, 11) is 1.59. The molecule has 1 saturated heterocycles. The number of benzene rings is 2. The molecule has 29 heavy (non-hydrogen) atoms. The van der Waals surface area contributed by atoms with E-state index in [-0.39, 0.29) is 5.91 Å². The largest absolute Gasteiger partial charge is 0.493 e. The van der Waals surface area contributed by atoms with E-state index in [2.05, 4.69) is 25.2 Å². The first-order valence-corrected chi connectivity index (χ1v) is 10.4. The first-order valence-electron chi connectivity index (χ1n) is 9.22. The SMILES string of the molecule is COc1cc(/C=C2\SC(=S)NC2=O)ccc1OCCCOc1cccc(C)c1C. The first-order chi connectivity index (χ1) is 14.0. The molecular formula is C22H23NO4S2. The summed E-state index contributed by atoms with van der Waals surface area (Å²) < 4.78 is 17.6. The van der Waals surface area contributed by atoms with Gasteiger partial charge >= 0.3 is 0 Å². The molecule has 0 spiro atoms. The standard InChI is InChI=1S/C22H23NO4S2/c1-14-6-4-7-17(15(14)2)26-10-5-11-27-18-9-8-16(12-19(18)25-3)13-20-21(24)23-22(28)29-20/h4,6-9,12-13H,5,10-11H2,1-3H3,(H,23,24,28)/b20-13-. The molecule has 152 valence electrons. The molecule has 1 N–H and O–H groups in total. The lowest BCUT2D eigenvalue weighted by atomic mass is 10.1. The Kier molecular flexibility index (Phi) is 7.17. The Balaban J connectivity index is 1.54. The minimum absolute atomic E-state index is 0.178. The van der Waals surface area contributed by atoms with Gasteiger partial charge < -0.3 is 19.5 Å². The Hall–Kier alpha value is -2.51. The molecule has 2 aromatic carbocycles. The van der Waals surface area contributed by atoms with Crippen LogP contribution in [0.25, 0.3) is 6.08 Å². The van der Waals surface area contributed by atoms with Gasteiger partial charge in [-0.15, -0.1) is 0 Å². The molecule has 0 unspecified atom stereocenters. The minimum atomic E-state index is -0.178. The lowest BCUT2D eigenvalue weighted by Crippen LogP contribution is -2.17. The molecule has 5 nitrogen and oxygen atoms in total. The average Bonchev–Trinajstić information content (AvgIpc) is 3.02. The van der Waals surface area contributed by atoms with Gasteiger partial charge in [0, 0.05) is 6.42 Å². The fourth-order valence-electron chi connectivity index (χ4n) is 2.77. The van der Waals surface area contributed by atoms with Crippen LogP contribution in [0.1, 0.15) is 23.1 Å². The first kappa shape index (κ1) is 21.2. The van der Waals surface area contributed by atoms with Gasteiger partial charge in [0.05, 0.1) is 25.2 Å². The maximum Gasteiger partial charge on any atom is 0.263 e. The highest BCUT2D eigenvalue weighted by Crippen LogP contribution is 2.31. The molecule has 0 saturated carbocycles. The van der Waals surface area contributed by atoms with Crippen molar-refractivity contribution in [3.05, 3.63) is 58.0 Å². The Morgan fingerprint density at radius 2 is 1.83 bits per heavy atom. The Morgan fingerprint density at radius 3 is 2.52 bits per heavy atom. The molecule has 2 aromatic rings. The van der Waals surface area contributed by atoms with Gasteiger partial charge in [-0.1, -0.05) is 42.2 Å². The summed E-state index contributed by atoms with van der Waals surface area (Å²) in [4.78, 5) is 12.4. The predicted octanol–water partition coefficient (Wildman–Crippen LogP) is 4.65. The number of aryl methyl sites for hydroxylation is 1. The second-order valence-electron chi connectivity index (χ2n) is 6.51. The van der Waals surface area contributed by atoms with Gasteiger partial charge in [0.25, 0.3) is 5.91 Å². The zero-order valence-corrected chi connectivity index (χ0v) is 18.2. The Labute approximate surface area is 180 Å². The van der Waals surface area contributed by atoms with E-state index >= 15 is 0 Å². The molecule has 0 radical (unpaired) electrons. The monoisotopic (exact) mass is 429 g/mol. The van der Waals surface area contributed by atoms with Gasteiger partial charge in [-0.05, 0) is 54.8 Å². The number of thioether (sulfide) groups is 1. The van der Waals surface area contributed by atoms with Crippen LogP contribution in [-0.2, 0) is 4.79 Å². The van der Waals surface area contributed by atoms with Crippen LogP contribution < -0.4 is 19.5 Å². The van der Waals surface area contributed by atoms with E-state index in [0.717, 1.165) is 23.3 Å². The molecule has 0 atom stereocenters. The van der Waals surface area contributed by atoms with E-state index in [9.17, 15) is 4.79 Å². The van der Waals surface area contributed by atoms with Crippen molar-refractivity contribution in [2.75, 3.05) is 20.3 Å². The van der Waals surface area contributed by atoms with E-state index in [4.69, 9.17) is 26.4 Å². The van der Waals surface area contributed by atoms with Gasteiger partial charge in [0.2, 0.25) is 0 Å². The van der Waals surface area contributed by atoms with Crippen molar-refractivity contribution in [2.45, 2.75) is 20.3 Å². The highest BCUT2D eigenvalue weighted by atomic mass is 32.2. The van der Waals surface area contributed by atoms with Crippen LogP contribution in [0.4, 0.5) is 0 Å². The van der Waals surface area contributed by atoms with Crippen LogP contribution in [0.5, 0.6) is 17.2 Å². The van der Waals surface area contributed by atoms with Crippen molar-refractivity contribution >= 4 is 40.3 Å². The van der Waals surface area contributed by atoms with Gasteiger partial charge in [-0.25, -0.2) is 0 Å². The summed E-state index contributed by atoms with van der Waals surface area (Å²) in [6.45, 7) is 5.21. The predicted molar refractivity (Wildman–Crippen MR) is 121 cm³/mol. The quantitative estimate of drug-likeness (QED) is 0.375. The van der Waals surface area contributed by atoms with Crippen molar-refractivity contribution in [1.82, 2.24) is 5.32 Å². The van der Waals surface area contributed by atoms with Crippen molar-refractivity contribution in [2.24, 2.45) is 0 Å². The third kappa shape index (κ3) is 5.52. The minimum Gasteiger partial charge on any atom is -0.493 e. The fourth-order valence-corrected chi connectivity index (χ4v) is 3.81. The highest BCUT2D eigenvalue weighted by molar-refractivity contribution is 8.26. The molecule has 0 aromatic heterocycles. The lowest BCUT2D eigenvalue weighted by molar-refractivity contribution is -0.115. The molecule has 1 amide bonds. The molecule has 3 rings (SSSR count). The van der Waals surface area contributed by atoms with Crippen molar-refractivity contribution in [3.63, 3.8) is 0 Å². The van der Waals surface area contributed by atoms with E-state index in [1.165, 1.54) is 17.3 Å². The third-order valence-corrected chi connectivity index (χ3v) is 5.65. The molecule has 7 heteroatoms. The fraction of sp³-hybridized carbons (Fsp3) is 0.273.